The molecule has 0 unspecified atom stereocenters. The summed E-state index contributed by atoms with van der Waals surface area (Å²) in [7, 11) is 0. The Morgan fingerprint density at radius 2 is 1.79 bits per heavy atom. The fourth-order valence-corrected chi connectivity index (χ4v) is 3.23. The van der Waals surface area contributed by atoms with Crippen molar-refractivity contribution in [2.75, 3.05) is 0 Å². The molecule has 0 heterocycles. The third-order valence-corrected chi connectivity index (χ3v) is 5.06. The Kier molecular flexibility index (Phi) is 6.01. The highest BCUT2D eigenvalue weighted by Crippen LogP contribution is 2.29. The van der Waals surface area contributed by atoms with E-state index in [4.69, 9.17) is 21.6 Å². The first-order valence-corrected chi connectivity index (χ1v) is 9.56. The van der Waals surface area contributed by atoms with Gasteiger partial charge in [-0.1, -0.05) is 37.6 Å². The van der Waals surface area contributed by atoms with E-state index in [1.54, 1.807) is 42.5 Å². The molecule has 3 rings (SSSR count). The lowest BCUT2D eigenvalue weighted by Gasteiger charge is -2.35. The van der Waals surface area contributed by atoms with E-state index >= 15 is 0 Å². The van der Waals surface area contributed by atoms with Crippen LogP contribution in [0.1, 0.15) is 53.0 Å². The van der Waals surface area contributed by atoms with Gasteiger partial charge in [-0.3, -0.25) is 9.59 Å². The summed E-state index contributed by atoms with van der Waals surface area (Å²) in [6, 6.07) is 13.8. The van der Waals surface area contributed by atoms with Crippen molar-refractivity contribution in [3.8, 4) is 11.8 Å². The molecule has 1 aliphatic rings. The minimum atomic E-state index is -0.159. The van der Waals surface area contributed by atoms with Crippen molar-refractivity contribution in [1.82, 2.24) is 5.32 Å². The quantitative estimate of drug-likeness (QED) is 0.734. The summed E-state index contributed by atoms with van der Waals surface area (Å²) >= 11 is 6.01. The van der Waals surface area contributed by atoms with Crippen LogP contribution in [0.2, 0.25) is 5.02 Å². The largest absolute Gasteiger partial charge is 0.490 e. The number of carbonyl (C=O) groups is 2. The third kappa shape index (κ3) is 4.52. The Balaban J connectivity index is 1.49. The van der Waals surface area contributed by atoms with Crippen molar-refractivity contribution < 1.29 is 14.3 Å². The van der Waals surface area contributed by atoms with Gasteiger partial charge in [0.15, 0.2) is 5.78 Å². The number of hydrogen-bond donors (Lipinski definition) is 1. The molecule has 0 aliphatic heterocycles. The number of nitrogens with one attached hydrogen (secondary N) is 1. The van der Waals surface area contributed by atoms with Crippen LogP contribution in [0.15, 0.2) is 42.5 Å². The van der Waals surface area contributed by atoms with Crippen LogP contribution in [0.25, 0.3) is 0 Å². The molecule has 0 saturated heterocycles. The number of benzene rings is 2. The zero-order valence-corrected chi connectivity index (χ0v) is 16.5. The number of ketones is 1. The van der Waals surface area contributed by atoms with Gasteiger partial charge in [0.1, 0.15) is 17.9 Å². The minimum absolute atomic E-state index is 0.000316. The predicted octanol–water partition coefficient (Wildman–Crippen LogP) is 4.39. The molecule has 2 aromatic carbocycles. The Hall–Kier alpha value is -2.84. The molecule has 2 aromatic rings. The van der Waals surface area contributed by atoms with Crippen molar-refractivity contribution >= 4 is 23.3 Å². The van der Waals surface area contributed by atoms with Crippen LogP contribution in [0.4, 0.5) is 0 Å². The average molecular weight is 397 g/mol. The molecule has 144 valence electrons. The van der Waals surface area contributed by atoms with Crippen LogP contribution in [0.5, 0.6) is 5.75 Å². The standard InChI is InChI=1S/C22H21ClN2O3/c1-13(2)21(26)14-3-5-15(6-4-14)22(27)25-17-9-19(10-17)28-18-8-7-16(12-24)20(23)11-18/h3-8,11,13,17,19H,9-10H2,1-2H3,(H,25,27)/t17-,19-. The second-order valence-corrected chi connectivity index (χ2v) is 7.64. The van der Waals surface area contributed by atoms with E-state index in [1.165, 1.54) is 0 Å². The number of amides is 1. The van der Waals surface area contributed by atoms with E-state index in [2.05, 4.69) is 5.32 Å². The van der Waals surface area contributed by atoms with Gasteiger partial charge in [-0.05, 0) is 24.3 Å². The van der Waals surface area contributed by atoms with Crippen LogP contribution in [-0.4, -0.2) is 23.8 Å². The number of carbonyl (C=O) groups excluding carboxylic acids is 2. The molecule has 1 fully saturated rings. The lowest BCUT2D eigenvalue weighted by Crippen LogP contribution is -2.49. The normalized spacial score (nSPS) is 18.1. The molecule has 0 radical (unpaired) electrons. The summed E-state index contributed by atoms with van der Waals surface area (Å²) < 4.78 is 5.83. The van der Waals surface area contributed by atoms with Crippen molar-refractivity contribution in [3.63, 3.8) is 0 Å². The zero-order valence-electron chi connectivity index (χ0n) is 15.7. The number of ether oxygens (including phenoxy) is 1. The summed E-state index contributed by atoms with van der Waals surface area (Å²) in [5.41, 5.74) is 1.56. The van der Waals surface area contributed by atoms with Gasteiger partial charge in [-0.2, -0.15) is 5.26 Å². The maximum atomic E-state index is 12.4. The first-order chi connectivity index (χ1) is 13.4. The zero-order chi connectivity index (χ0) is 20.3. The van der Waals surface area contributed by atoms with E-state index in [1.807, 2.05) is 19.9 Å². The van der Waals surface area contributed by atoms with E-state index in [0.29, 0.717) is 40.3 Å². The summed E-state index contributed by atoms with van der Waals surface area (Å²) in [6.07, 6.45) is 1.40. The van der Waals surface area contributed by atoms with Crippen molar-refractivity contribution in [1.29, 1.82) is 5.26 Å². The number of Topliss-reactive ketones (excluding diaryl/α,β-unsaturated/α-hetero) is 1. The van der Waals surface area contributed by atoms with E-state index in [9.17, 15) is 9.59 Å². The summed E-state index contributed by atoms with van der Waals surface area (Å²) in [4.78, 5) is 24.3. The molecule has 0 bridgehead atoms. The summed E-state index contributed by atoms with van der Waals surface area (Å²) in [5.74, 6) is 0.448. The maximum Gasteiger partial charge on any atom is 0.251 e. The molecule has 1 N–H and O–H groups in total. The molecule has 1 amide bonds. The third-order valence-electron chi connectivity index (χ3n) is 4.75. The highest BCUT2D eigenvalue weighted by molar-refractivity contribution is 6.31. The van der Waals surface area contributed by atoms with Gasteiger partial charge in [0.2, 0.25) is 0 Å². The second kappa shape index (κ2) is 8.45. The highest BCUT2D eigenvalue weighted by atomic mass is 35.5. The second-order valence-electron chi connectivity index (χ2n) is 7.23. The average Bonchev–Trinajstić information content (AvgIpc) is 2.65. The minimum Gasteiger partial charge on any atom is -0.490 e. The van der Waals surface area contributed by atoms with Gasteiger partial charge < -0.3 is 10.1 Å². The van der Waals surface area contributed by atoms with Gasteiger partial charge >= 0.3 is 0 Å². The topological polar surface area (TPSA) is 79.2 Å². The fourth-order valence-electron chi connectivity index (χ4n) is 3.02. The van der Waals surface area contributed by atoms with Crippen LogP contribution in [0, 0.1) is 17.2 Å². The van der Waals surface area contributed by atoms with Gasteiger partial charge in [0.25, 0.3) is 5.91 Å². The smallest absolute Gasteiger partial charge is 0.251 e. The summed E-state index contributed by atoms with van der Waals surface area (Å²) in [6.45, 7) is 3.70. The van der Waals surface area contributed by atoms with Crippen LogP contribution < -0.4 is 10.1 Å². The van der Waals surface area contributed by atoms with E-state index in [0.717, 1.165) is 0 Å². The first kappa shape index (κ1) is 19.9. The Morgan fingerprint density at radius 1 is 1.14 bits per heavy atom. The molecular weight excluding hydrogens is 376 g/mol. The Bertz CT molecular complexity index is 926. The van der Waals surface area contributed by atoms with Crippen molar-refractivity contribution in [3.05, 3.63) is 64.2 Å². The van der Waals surface area contributed by atoms with Crippen LogP contribution in [0.3, 0.4) is 0 Å². The molecule has 1 saturated carbocycles. The molecule has 0 aromatic heterocycles. The SMILES string of the molecule is CC(C)C(=O)c1ccc(C(=O)N[C@H]2C[C@H](Oc3ccc(C#N)c(Cl)c3)C2)cc1. The van der Waals surface area contributed by atoms with Gasteiger partial charge in [-0.15, -0.1) is 0 Å². The van der Waals surface area contributed by atoms with E-state index in [-0.39, 0.29) is 29.8 Å². The monoisotopic (exact) mass is 396 g/mol. The highest BCUT2D eigenvalue weighted by Gasteiger charge is 2.32. The maximum absolute atomic E-state index is 12.4. The molecule has 0 spiro atoms. The molecule has 28 heavy (non-hydrogen) atoms. The molecule has 5 nitrogen and oxygen atoms in total. The first-order valence-electron chi connectivity index (χ1n) is 9.19. The predicted molar refractivity (Wildman–Crippen MR) is 107 cm³/mol. The number of halogens is 1. The van der Waals surface area contributed by atoms with Crippen LogP contribution in [-0.2, 0) is 0 Å². The number of nitrogens with zero attached hydrogens (tertiary/aromatic N) is 1. The van der Waals surface area contributed by atoms with Crippen LogP contribution >= 0.6 is 11.6 Å². The van der Waals surface area contributed by atoms with Gasteiger partial charge in [0.05, 0.1) is 10.6 Å². The Labute approximate surface area is 169 Å². The van der Waals surface area contributed by atoms with Gasteiger partial charge in [-0.25, -0.2) is 0 Å². The molecular formula is C22H21ClN2O3. The molecule has 6 heteroatoms. The van der Waals surface area contributed by atoms with Crippen molar-refractivity contribution in [2.45, 2.75) is 38.8 Å². The lowest BCUT2D eigenvalue weighted by molar-refractivity contribution is 0.0700. The number of rotatable bonds is 6. The lowest BCUT2D eigenvalue weighted by atomic mass is 9.89. The van der Waals surface area contributed by atoms with E-state index < -0.39 is 0 Å². The Morgan fingerprint density at radius 3 is 2.36 bits per heavy atom. The molecule has 1 aliphatic carbocycles. The summed E-state index contributed by atoms with van der Waals surface area (Å²) in [5, 5.41) is 12.2. The fraction of sp³-hybridized carbons (Fsp3) is 0.318. The van der Waals surface area contributed by atoms with Crippen molar-refractivity contribution in [2.24, 2.45) is 5.92 Å². The number of nitriles is 1. The number of hydrogen-bond acceptors (Lipinski definition) is 4. The molecule has 0 atom stereocenters. The van der Waals surface area contributed by atoms with Gasteiger partial charge in [0, 0.05) is 42.0 Å².